The van der Waals surface area contributed by atoms with E-state index in [0.29, 0.717) is 11.5 Å². The van der Waals surface area contributed by atoms with Crippen LogP contribution in [0.2, 0.25) is 0 Å². The lowest BCUT2D eigenvalue weighted by Crippen LogP contribution is -2.03. The van der Waals surface area contributed by atoms with E-state index >= 15 is 0 Å². The molecule has 0 saturated carbocycles. The Hall–Kier alpha value is -2.90. The predicted molar refractivity (Wildman–Crippen MR) is 83.5 cm³/mol. The molecule has 0 aliphatic rings. The van der Waals surface area contributed by atoms with Gasteiger partial charge in [0.1, 0.15) is 11.5 Å². The molecule has 0 unspecified atom stereocenters. The molecule has 8 nitrogen and oxygen atoms in total. The van der Waals surface area contributed by atoms with Gasteiger partial charge in [-0.25, -0.2) is 4.98 Å². The second kappa shape index (κ2) is 6.25. The average molecular weight is 303 g/mol. The van der Waals surface area contributed by atoms with Crippen molar-refractivity contribution in [1.29, 1.82) is 0 Å². The molecule has 1 heterocycles. The van der Waals surface area contributed by atoms with E-state index in [-0.39, 0.29) is 29.1 Å². The van der Waals surface area contributed by atoms with E-state index in [2.05, 4.69) is 15.1 Å². The van der Waals surface area contributed by atoms with Crippen LogP contribution in [0.4, 0.5) is 17.5 Å². The minimum absolute atomic E-state index is 0.0545. The molecule has 2 rings (SSSR count). The number of aromatic nitrogens is 2. The van der Waals surface area contributed by atoms with Crippen LogP contribution in [0, 0.1) is 4.91 Å². The maximum Gasteiger partial charge on any atom is 0.222 e. The van der Waals surface area contributed by atoms with Crippen LogP contribution in [-0.2, 0) is 0 Å². The van der Waals surface area contributed by atoms with Crippen molar-refractivity contribution >= 4 is 17.5 Å². The number of nitrogens with zero attached hydrogens (tertiary/aromatic N) is 3. The third-order valence-corrected chi connectivity index (χ3v) is 3.05. The van der Waals surface area contributed by atoms with Gasteiger partial charge in [0.2, 0.25) is 5.95 Å². The van der Waals surface area contributed by atoms with Crippen molar-refractivity contribution < 1.29 is 9.47 Å². The number of methoxy groups -OCH3 is 1. The highest BCUT2D eigenvalue weighted by Gasteiger charge is 2.17. The van der Waals surface area contributed by atoms with Crippen LogP contribution in [-0.4, -0.2) is 17.1 Å². The highest BCUT2D eigenvalue weighted by Crippen LogP contribution is 2.40. The summed E-state index contributed by atoms with van der Waals surface area (Å²) in [4.78, 5) is 18.6. The highest BCUT2D eigenvalue weighted by molar-refractivity contribution is 5.61. The summed E-state index contributed by atoms with van der Waals surface area (Å²) in [5.41, 5.74) is 12.2. The van der Waals surface area contributed by atoms with Gasteiger partial charge in [-0.05, 0) is 17.2 Å². The second-order valence-corrected chi connectivity index (χ2v) is 4.89. The minimum atomic E-state index is 0.0545. The smallest absolute Gasteiger partial charge is 0.222 e. The van der Waals surface area contributed by atoms with Crippen LogP contribution in [0.1, 0.15) is 25.3 Å². The molecule has 0 atom stereocenters. The van der Waals surface area contributed by atoms with Crippen LogP contribution >= 0.6 is 0 Å². The van der Waals surface area contributed by atoms with Crippen LogP contribution in [0.15, 0.2) is 23.5 Å². The number of nitrogen functional groups attached to an aromatic ring is 2. The van der Waals surface area contributed by atoms with Gasteiger partial charge >= 0.3 is 0 Å². The van der Waals surface area contributed by atoms with Crippen molar-refractivity contribution in [2.24, 2.45) is 5.18 Å². The summed E-state index contributed by atoms with van der Waals surface area (Å²) in [6.45, 7) is 3.97. The summed E-state index contributed by atoms with van der Waals surface area (Å²) in [6.07, 6.45) is 1.38. The first-order chi connectivity index (χ1) is 10.5. The molecule has 1 aromatic carbocycles. The van der Waals surface area contributed by atoms with Crippen LogP contribution in [0.25, 0.3) is 0 Å². The maximum atomic E-state index is 10.9. The van der Waals surface area contributed by atoms with Crippen LogP contribution in [0.3, 0.4) is 0 Å². The molecule has 0 bridgehead atoms. The Balaban J connectivity index is 2.50. The van der Waals surface area contributed by atoms with E-state index in [1.54, 1.807) is 6.07 Å². The van der Waals surface area contributed by atoms with E-state index in [0.717, 1.165) is 5.56 Å². The zero-order valence-electron chi connectivity index (χ0n) is 12.5. The van der Waals surface area contributed by atoms with Crippen molar-refractivity contribution in [3.63, 3.8) is 0 Å². The van der Waals surface area contributed by atoms with E-state index in [9.17, 15) is 4.91 Å². The number of hydrogen-bond donors (Lipinski definition) is 2. The minimum Gasteiger partial charge on any atom is -0.494 e. The van der Waals surface area contributed by atoms with Gasteiger partial charge in [-0.3, -0.25) is 0 Å². The van der Waals surface area contributed by atoms with Gasteiger partial charge in [0.05, 0.1) is 13.3 Å². The fraction of sp³-hybridized carbons (Fsp3) is 0.286. The quantitative estimate of drug-likeness (QED) is 0.813. The number of nitroso groups, excluding NO2 is 1. The average Bonchev–Trinajstić information content (AvgIpc) is 2.49. The van der Waals surface area contributed by atoms with Crippen LogP contribution < -0.4 is 20.9 Å². The standard InChI is InChI=1S/C14H17N5O3/c1-7(2)8-4-11(21-3)9(19-20)5-10(8)22-12-6-17-14(16)18-13(12)15/h4-7H,1-3H3,(H4,15,16,17,18). The summed E-state index contributed by atoms with van der Waals surface area (Å²) in [7, 11) is 1.47. The number of nitrogens with two attached hydrogens (primary N) is 2. The van der Waals surface area contributed by atoms with E-state index in [1.165, 1.54) is 19.4 Å². The third kappa shape index (κ3) is 3.05. The van der Waals surface area contributed by atoms with Crippen molar-refractivity contribution in [3.05, 3.63) is 28.8 Å². The molecular formula is C14H17N5O3. The predicted octanol–water partition coefficient (Wildman–Crippen LogP) is 2.96. The second-order valence-electron chi connectivity index (χ2n) is 4.89. The fourth-order valence-corrected chi connectivity index (χ4v) is 1.93. The van der Waals surface area contributed by atoms with E-state index in [1.807, 2.05) is 13.8 Å². The fourth-order valence-electron chi connectivity index (χ4n) is 1.93. The lowest BCUT2D eigenvalue weighted by Gasteiger charge is -2.16. The number of hydrogen-bond acceptors (Lipinski definition) is 8. The van der Waals surface area contributed by atoms with Gasteiger partial charge in [-0.1, -0.05) is 13.8 Å². The maximum absolute atomic E-state index is 10.9. The third-order valence-electron chi connectivity index (χ3n) is 3.05. The Bertz CT molecular complexity index is 703. The SMILES string of the molecule is COc1cc(C(C)C)c(Oc2cnc(N)nc2N)cc1N=O. The monoisotopic (exact) mass is 303 g/mol. The van der Waals surface area contributed by atoms with E-state index < -0.39 is 0 Å². The lowest BCUT2D eigenvalue weighted by atomic mass is 10.0. The molecule has 0 amide bonds. The molecule has 22 heavy (non-hydrogen) atoms. The van der Waals surface area contributed by atoms with Crippen molar-refractivity contribution in [2.45, 2.75) is 19.8 Å². The first kappa shape index (κ1) is 15.5. The van der Waals surface area contributed by atoms with Gasteiger partial charge in [-0.2, -0.15) is 4.98 Å². The largest absolute Gasteiger partial charge is 0.494 e. The van der Waals surface area contributed by atoms with Gasteiger partial charge < -0.3 is 20.9 Å². The molecule has 0 spiro atoms. The topological polar surface area (TPSA) is 126 Å². The molecule has 2 aromatic rings. The lowest BCUT2D eigenvalue weighted by molar-refractivity contribution is 0.412. The first-order valence-electron chi connectivity index (χ1n) is 6.57. The zero-order valence-corrected chi connectivity index (χ0v) is 12.5. The molecule has 1 aromatic heterocycles. The summed E-state index contributed by atoms with van der Waals surface area (Å²) in [5.74, 6) is 1.36. The Morgan fingerprint density at radius 3 is 2.45 bits per heavy atom. The van der Waals surface area contributed by atoms with Crippen LogP contribution in [0.5, 0.6) is 17.2 Å². The van der Waals surface area contributed by atoms with Gasteiger partial charge in [-0.15, -0.1) is 4.91 Å². The Labute approximate surface area is 127 Å². The van der Waals surface area contributed by atoms with Crippen molar-refractivity contribution in [1.82, 2.24) is 9.97 Å². The zero-order chi connectivity index (χ0) is 16.3. The van der Waals surface area contributed by atoms with E-state index in [4.69, 9.17) is 20.9 Å². The molecule has 8 heteroatoms. The molecule has 0 fully saturated rings. The number of benzene rings is 1. The summed E-state index contributed by atoms with van der Waals surface area (Å²) < 4.78 is 10.9. The number of ether oxygens (including phenoxy) is 2. The molecule has 0 aliphatic carbocycles. The summed E-state index contributed by atoms with van der Waals surface area (Å²) in [5, 5.41) is 2.94. The Kier molecular flexibility index (Phi) is 4.40. The molecular weight excluding hydrogens is 286 g/mol. The van der Waals surface area contributed by atoms with Gasteiger partial charge in [0.15, 0.2) is 17.3 Å². The van der Waals surface area contributed by atoms with Crippen molar-refractivity contribution in [3.8, 4) is 17.2 Å². The number of rotatable bonds is 5. The van der Waals surface area contributed by atoms with Crippen molar-refractivity contribution in [2.75, 3.05) is 18.6 Å². The molecule has 4 N–H and O–H groups in total. The van der Waals surface area contributed by atoms with Gasteiger partial charge in [0, 0.05) is 11.6 Å². The molecule has 0 radical (unpaired) electrons. The number of anilines is 2. The van der Waals surface area contributed by atoms with Gasteiger partial charge in [0.25, 0.3) is 0 Å². The molecule has 0 aliphatic heterocycles. The highest BCUT2D eigenvalue weighted by atomic mass is 16.5. The molecule has 0 saturated heterocycles. The molecule has 116 valence electrons. The normalized spacial score (nSPS) is 10.5. The summed E-state index contributed by atoms with van der Waals surface area (Å²) in [6, 6.07) is 3.21. The Morgan fingerprint density at radius 1 is 1.18 bits per heavy atom. The Morgan fingerprint density at radius 2 is 1.91 bits per heavy atom. The first-order valence-corrected chi connectivity index (χ1v) is 6.57. The summed E-state index contributed by atoms with van der Waals surface area (Å²) >= 11 is 0.